The van der Waals surface area contributed by atoms with Gasteiger partial charge in [0.05, 0.1) is 27.8 Å². The summed E-state index contributed by atoms with van der Waals surface area (Å²) in [5.74, 6) is -0.627. The molecule has 0 spiro atoms. The maximum Gasteiger partial charge on any atom is 0.418 e. The number of sulfonamides is 1. The number of halogens is 4. The number of aryl methyl sites for hydroxylation is 1. The number of alkyl halides is 3. The molecule has 2 aromatic carbocycles. The zero-order valence-corrected chi connectivity index (χ0v) is 20.5. The second kappa shape index (κ2) is 9.65. The number of benzene rings is 2. The number of aromatic nitrogens is 1. The van der Waals surface area contributed by atoms with Gasteiger partial charge in [-0.2, -0.15) is 13.2 Å². The molecule has 0 aliphatic heterocycles. The maximum atomic E-state index is 13.8. The van der Waals surface area contributed by atoms with E-state index < -0.39 is 33.8 Å². The van der Waals surface area contributed by atoms with E-state index in [2.05, 4.69) is 5.32 Å². The maximum absolute atomic E-state index is 13.8. The van der Waals surface area contributed by atoms with Crippen molar-refractivity contribution in [1.29, 1.82) is 0 Å². The lowest BCUT2D eigenvalue weighted by molar-refractivity contribution is -0.137. The van der Waals surface area contributed by atoms with Gasteiger partial charge < -0.3 is 15.0 Å². The molecule has 1 atom stereocenters. The standard InChI is InChI=1S/C23H23ClF3N3O4S/c1-12-8-16(5-7-21(12)35(28,33)34)29-22(32)18-11-17(9-13(2)31)30(14(18)3)20-6-4-15(24)10-19(20)23(25,26)27/h4-8,10-11,13,31H,9H2,1-3H3,(H,29,32)(H2,28,33,34)/t13-/m0/s1. The third-order valence-electron chi connectivity index (χ3n) is 5.32. The third-order valence-corrected chi connectivity index (χ3v) is 6.62. The summed E-state index contributed by atoms with van der Waals surface area (Å²) in [6.07, 6.45) is -5.63. The highest BCUT2D eigenvalue weighted by molar-refractivity contribution is 7.89. The number of hydrogen-bond donors (Lipinski definition) is 3. The largest absolute Gasteiger partial charge is 0.418 e. The van der Waals surface area contributed by atoms with Crippen LogP contribution in [0.4, 0.5) is 18.9 Å². The van der Waals surface area contributed by atoms with E-state index >= 15 is 0 Å². The molecule has 12 heteroatoms. The Kier molecular flexibility index (Phi) is 7.37. The minimum Gasteiger partial charge on any atom is -0.393 e. The molecule has 4 N–H and O–H groups in total. The van der Waals surface area contributed by atoms with Gasteiger partial charge in [-0.3, -0.25) is 4.79 Å². The van der Waals surface area contributed by atoms with Crippen LogP contribution in [-0.4, -0.2) is 30.1 Å². The molecule has 0 saturated carbocycles. The monoisotopic (exact) mass is 529 g/mol. The minimum absolute atomic E-state index is 0.0177. The van der Waals surface area contributed by atoms with Gasteiger partial charge in [0.2, 0.25) is 10.0 Å². The molecule has 3 aromatic rings. The summed E-state index contributed by atoms with van der Waals surface area (Å²) in [7, 11) is -3.94. The number of aliphatic hydroxyl groups is 1. The molecule has 3 rings (SSSR count). The molecule has 1 heterocycles. The van der Waals surface area contributed by atoms with Crippen molar-refractivity contribution in [1.82, 2.24) is 4.57 Å². The van der Waals surface area contributed by atoms with Crippen molar-refractivity contribution in [2.24, 2.45) is 5.14 Å². The van der Waals surface area contributed by atoms with Crippen LogP contribution in [0.2, 0.25) is 5.02 Å². The van der Waals surface area contributed by atoms with Crippen LogP contribution >= 0.6 is 11.6 Å². The van der Waals surface area contributed by atoms with Crippen LogP contribution in [0.5, 0.6) is 0 Å². The van der Waals surface area contributed by atoms with Crippen LogP contribution in [0.1, 0.15) is 39.8 Å². The Morgan fingerprint density at radius 1 is 1.17 bits per heavy atom. The highest BCUT2D eigenvalue weighted by Crippen LogP contribution is 2.37. The average molecular weight is 530 g/mol. The Labute approximate surface area is 205 Å². The fourth-order valence-corrected chi connectivity index (χ4v) is 4.80. The fraction of sp³-hybridized carbons (Fsp3) is 0.261. The predicted octanol–water partition coefficient (Wildman–Crippen LogP) is 4.59. The van der Waals surface area contributed by atoms with Gasteiger partial charge in [-0.1, -0.05) is 11.6 Å². The number of nitrogens with two attached hydrogens (primary N) is 1. The normalized spacial score (nSPS) is 13.1. The molecule has 0 aliphatic rings. The van der Waals surface area contributed by atoms with E-state index in [0.29, 0.717) is 5.56 Å². The quantitative estimate of drug-likeness (QED) is 0.433. The Hall–Kier alpha value is -2.86. The second-order valence-electron chi connectivity index (χ2n) is 8.16. The molecule has 7 nitrogen and oxygen atoms in total. The van der Waals surface area contributed by atoms with Crippen molar-refractivity contribution in [3.05, 3.63) is 75.6 Å². The van der Waals surface area contributed by atoms with Crippen LogP contribution in [0.3, 0.4) is 0 Å². The van der Waals surface area contributed by atoms with Crippen molar-refractivity contribution in [2.45, 2.75) is 44.4 Å². The van der Waals surface area contributed by atoms with Crippen molar-refractivity contribution < 1.29 is 31.5 Å². The number of carbonyl (C=O) groups excluding carboxylic acids is 1. The van der Waals surface area contributed by atoms with E-state index in [9.17, 15) is 31.5 Å². The smallest absolute Gasteiger partial charge is 0.393 e. The molecular weight excluding hydrogens is 507 g/mol. The average Bonchev–Trinajstić information content (AvgIpc) is 3.01. The van der Waals surface area contributed by atoms with Crippen LogP contribution < -0.4 is 10.5 Å². The first-order valence-electron chi connectivity index (χ1n) is 10.3. The van der Waals surface area contributed by atoms with Crippen molar-refractivity contribution >= 4 is 33.2 Å². The molecular formula is C23H23ClF3N3O4S. The van der Waals surface area contributed by atoms with Gasteiger partial charge in [0.25, 0.3) is 5.91 Å². The van der Waals surface area contributed by atoms with Crippen molar-refractivity contribution in [3.63, 3.8) is 0 Å². The van der Waals surface area contributed by atoms with E-state index in [1.807, 2.05) is 0 Å². The van der Waals surface area contributed by atoms with Gasteiger partial charge in [0, 0.05) is 28.5 Å². The van der Waals surface area contributed by atoms with Crippen molar-refractivity contribution in [2.75, 3.05) is 5.32 Å². The molecule has 35 heavy (non-hydrogen) atoms. The SMILES string of the molecule is Cc1cc(NC(=O)c2cc(C[C@H](C)O)n(-c3ccc(Cl)cc3C(F)(F)F)c2C)ccc1S(N)(=O)=O. The Balaban J connectivity index is 2.10. The molecule has 0 fully saturated rings. The summed E-state index contributed by atoms with van der Waals surface area (Å²) in [4.78, 5) is 13.0. The lowest BCUT2D eigenvalue weighted by Crippen LogP contribution is -2.17. The van der Waals surface area contributed by atoms with Crippen LogP contribution in [0.25, 0.3) is 5.69 Å². The molecule has 0 aliphatic carbocycles. The molecule has 0 unspecified atom stereocenters. The number of nitrogens with one attached hydrogen (secondary N) is 1. The highest BCUT2D eigenvalue weighted by atomic mass is 35.5. The van der Waals surface area contributed by atoms with E-state index in [-0.39, 0.29) is 44.7 Å². The molecule has 1 aromatic heterocycles. The highest BCUT2D eigenvalue weighted by Gasteiger charge is 2.35. The third kappa shape index (κ3) is 5.87. The molecule has 188 valence electrons. The lowest BCUT2D eigenvalue weighted by Gasteiger charge is -2.19. The number of anilines is 1. The number of hydrogen-bond acceptors (Lipinski definition) is 4. The van der Waals surface area contributed by atoms with Gasteiger partial charge in [0.1, 0.15) is 0 Å². The van der Waals surface area contributed by atoms with E-state index in [1.54, 1.807) is 0 Å². The zero-order valence-electron chi connectivity index (χ0n) is 18.9. The Morgan fingerprint density at radius 2 is 1.83 bits per heavy atom. The Morgan fingerprint density at radius 3 is 2.37 bits per heavy atom. The summed E-state index contributed by atoms with van der Waals surface area (Å²) < 4.78 is 65.9. The minimum atomic E-state index is -4.72. The lowest BCUT2D eigenvalue weighted by atomic mass is 10.1. The van der Waals surface area contributed by atoms with E-state index in [0.717, 1.165) is 6.07 Å². The molecule has 0 saturated heterocycles. The first kappa shape index (κ1) is 26.7. The number of carbonyl (C=O) groups is 1. The van der Waals surface area contributed by atoms with Gasteiger partial charge in [-0.15, -0.1) is 0 Å². The Bertz CT molecular complexity index is 1400. The van der Waals surface area contributed by atoms with Gasteiger partial charge in [-0.25, -0.2) is 13.6 Å². The van der Waals surface area contributed by atoms with Gasteiger partial charge in [0.15, 0.2) is 0 Å². The zero-order chi connectivity index (χ0) is 26.3. The summed E-state index contributed by atoms with van der Waals surface area (Å²) in [5, 5.41) is 17.6. The number of amides is 1. The predicted molar refractivity (Wildman–Crippen MR) is 126 cm³/mol. The van der Waals surface area contributed by atoms with Gasteiger partial charge in [-0.05, 0) is 68.8 Å². The van der Waals surface area contributed by atoms with Crippen LogP contribution in [0.15, 0.2) is 47.4 Å². The topological polar surface area (TPSA) is 114 Å². The first-order chi connectivity index (χ1) is 16.1. The van der Waals surface area contributed by atoms with E-state index in [4.69, 9.17) is 16.7 Å². The second-order valence-corrected chi connectivity index (χ2v) is 10.1. The van der Waals surface area contributed by atoms with Crippen molar-refractivity contribution in [3.8, 4) is 5.69 Å². The molecule has 0 bridgehead atoms. The summed E-state index contributed by atoms with van der Waals surface area (Å²) in [6, 6.07) is 8.76. The van der Waals surface area contributed by atoms with Crippen LogP contribution in [-0.2, 0) is 22.6 Å². The number of primary sulfonamides is 1. The first-order valence-corrected chi connectivity index (χ1v) is 12.2. The molecule has 1 amide bonds. The summed E-state index contributed by atoms with van der Waals surface area (Å²) in [6.45, 7) is 4.48. The molecule has 0 radical (unpaired) electrons. The fourth-order valence-electron chi connectivity index (χ4n) is 3.86. The number of nitrogens with zero attached hydrogens (tertiary/aromatic N) is 1. The summed E-state index contributed by atoms with van der Waals surface area (Å²) >= 11 is 5.81. The summed E-state index contributed by atoms with van der Waals surface area (Å²) in [5.41, 5.74) is -0.0619. The van der Waals surface area contributed by atoms with Crippen LogP contribution in [0, 0.1) is 13.8 Å². The van der Waals surface area contributed by atoms with E-state index in [1.165, 1.54) is 61.7 Å². The number of rotatable bonds is 6. The van der Waals surface area contributed by atoms with Gasteiger partial charge >= 0.3 is 6.18 Å². The number of aliphatic hydroxyl groups excluding tert-OH is 1.